The molecule has 2 heterocycles. The summed E-state index contributed by atoms with van der Waals surface area (Å²) in [6.45, 7) is 0.663. The molecule has 0 spiro atoms. The van der Waals surface area contributed by atoms with Crippen molar-refractivity contribution in [3.05, 3.63) is 33.1 Å². The Hall–Kier alpha value is -1.85. The summed E-state index contributed by atoms with van der Waals surface area (Å²) in [5.74, 6) is -0.568. The Labute approximate surface area is 84.5 Å². The van der Waals surface area contributed by atoms with Gasteiger partial charge in [0.15, 0.2) is 0 Å². The van der Waals surface area contributed by atoms with E-state index < -0.39 is 11.2 Å². The minimum atomic E-state index is -0.498. The van der Waals surface area contributed by atoms with E-state index in [1.54, 1.807) is 0 Å². The van der Waals surface area contributed by atoms with Gasteiger partial charge in [0.05, 0.1) is 12.5 Å². The van der Waals surface area contributed by atoms with Crippen LogP contribution in [0.25, 0.3) is 0 Å². The molecule has 0 aromatic carbocycles. The Morgan fingerprint density at radius 2 is 2.27 bits per heavy atom. The second-order valence-corrected chi connectivity index (χ2v) is 3.42. The maximum Gasteiger partial charge on any atom is 0.328 e. The van der Waals surface area contributed by atoms with Crippen molar-refractivity contribution in [3.63, 3.8) is 0 Å². The number of carbonyl (C=O) groups is 1. The normalized spacial score (nSPS) is 20.3. The summed E-state index contributed by atoms with van der Waals surface area (Å²) >= 11 is 0. The average molecular weight is 210 g/mol. The number of rotatable bonds is 2. The summed E-state index contributed by atoms with van der Waals surface area (Å²) in [7, 11) is 0. The summed E-state index contributed by atoms with van der Waals surface area (Å²) < 4.78 is 6.08. The summed E-state index contributed by atoms with van der Waals surface area (Å²) in [6, 6.07) is 1.25. The first-order chi connectivity index (χ1) is 7.16. The highest BCUT2D eigenvalue weighted by molar-refractivity contribution is 5.73. The summed E-state index contributed by atoms with van der Waals surface area (Å²) in [5.41, 5.74) is -0.938. The molecule has 0 amide bonds. The number of H-pyrrole nitrogens is 1. The highest BCUT2D eigenvalue weighted by Crippen LogP contribution is 2.15. The topological polar surface area (TPSA) is 81.2 Å². The predicted molar refractivity (Wildman–Crippen MR) is 50.4 cm³/mol. The minimum Gasteiger partial charge on any atom is -0.465 e. The van der Waals surface area contributed by atoms with Gasteiger partial charge in [-0.2, -0.15) is 0 Å². The molecule has 80 valence electrons. The van der Waals surface area contributed by atoms with Crippen molar-refractivity contribution in [2.45, 2.75) is 13.0 Å². The van der Waals surface area contributed by atoms with E-state index in [0.717, 1.165) is 0 Å². The molecule has 1 aliphatic heterocycles. The summed E-state index contributed by atoms with van der Waals surface area (Å²) in [5, 5.41) is 0. The van der Waals surface area contributed by atoms with E-state index in [4.69, 9.17) is 4.74 Å². The number of hydrogen-bond acceptors (Lipinski definition) is 4. The molecule has 0 radical (unpaired) electrons. The minimum absolute atomic E-state index is 0.258. The lowest BCUT2D eigenvalue weighted by molar-refractivity contribution is -0.141. The van der Waals surface area contributed by atoms with E-state index >= 15 is 0 Å². The summed E-state index contributed by atoms with van der Waals surface area (Å²) in [4.78, 5) is 35.3. The molecular formula is C9H10N2O4. The van der Waals surface area contributed by atoms with Crippen LogP contribution in [-0.4, -0.2) is 22.1 Å². The van der Waals surface area contributed by atoms with E-state index in [1.807, 2.05) is 0 Å². The molecular weight excluding hydrogens is 200 g/mol. The molecule has 6 heteroatoms. The van der Waals surface area contributed by atoms with Gasteiger partial charge in [-0.3, -0.25) is 19.1 Å². The van der Waals surface area contributed by atoms with Crippen molar-refractivity contribution in [2.75, 3.05) is 6.61 Å². The van der Waals surface area contributed by atoms with Crippen molar-refractivity contribution in [1.29, 1.82) is 0 Å². The number of aromatic nitrogens is 2. The quantitative estimate of drug-likeness (QED) is 0.641. The zero-order chi connectivity index (χ0) is 10.8. The number of esters is 1. The Balaban J connectivity index is 2.21. The number of aromatic amines is 1. The molecule has 2 rings (SSSR count). The molecule has 0 aliphatic carbocycles. The van der Waals surface area contributed by atoms with Crippen LogP contribution in [0.2, 0.25) is 0 Å². The predicted octanol–water partition coefficient (Wildman–Crippen LogP) is -0.900. The van der Waals surface area contributed by atoms with Gasteiger partial charge >= 0.3 is 11.7 Å². The lowest BCUT2D eigenvalue weighted by Gasteiger charge is -2.07. The van der Waals surface area contributed by atoms with Gasteiger partial charge in [-0.05, 0) is 6.42 Å². The number of ether oxygens (including phenoxy) is 1. The maximum absolute atomic E-state index is 11.3. The smallest absolute Gasteiger partial charge is 0.328 e. The van der Waals surface area contributed by atoms with Crippen molar-refractivity contribution in [3.8, 4) is 0 Å². The zero-order valence-electron chi connectivity index (χ0n) is 7.93. The van der Waals surface area contributed by atoms with Crippen LogP contribution in [0, 0.1) is 5.92 Å². The van der Waals surface area contributed by atoms with Gasteiger partial charge in [0.25, 0.3) is 5.56 Å². The monoisotopic (exact) mass is 210 g/mol. The van der Waals surface area contributed by atoms with Crippen LogP contribution in [-0.2, 0) is 16.1 Å². The fourth-order valence-electron chi connectivity index (χ4n) is 1.53. The van der Waals surface area contributed by atoms with Gasteiger partial charge in [0.2, 0.25) is 0 Å². The number of nitrogens with zero attached hydrogens (tertiary/aromatic N) is 1. The number of nitrogens with one attached hydrogen (secondary N) is 1. The third-order valence-electron chi connectivity index (χ3n) is 2.36. The van der Waals surface area contributed by atoms with Crippen LogP contribution in [0.3, 0.4) is 0 Å². The van der Waals surface area contributed by atoms with E-state index in [9.17, 15) is 14.4 Å². The van der Waals surface area contributed by atoms with Gasteiger partial charge in [0, 0.05) is 18.8 Å². The first kappa shape index (κ1) is 9.70. The largest absolute Gasteiger partial charge is 0.465 e. The lowest BCUT2D eigenvalue weighted by atomic mass is 10.1. The molecule has 0 bridgehead atoms. The third kappa shape index (κ3) is 1.98. The highest BCUT2D eigenvalue weighted by Gasteiger charge is 2.26. The van der Waals surface area contributed by atoms with Crippen LogP contribution in [0.1, 0.15) is 6.42 Å². The molecule has 1 fully saturated rings. The number of carbonyl (C=O) groups excluding carboxylic acids is 1. The van der Waals surface area contributed by atoms with Gasteiger partial charge in [0.1, 0.15) is 0 Å². The maximum atomic E-state index is 11.3. The molecule has 15 heavy (non-hydrogen) atoms. The second kappa shape index (κ2) is 3.72. The number of cyclic esters (lactones) is 1. The molecule has 1 saturated heterocycles. The molecule has 0 saturated carbocycles. The first-order valence-corrected chi connectivity index (χ1v) is 4.63. The van der Waals surface area contributed by atoms with Gasteiger partial charge in [-0.1, -0.05) is 0 Å². The van der Waals surface area contributed by atoms with Gasteiger partial charge < -0.3 is 4.74 Å². The molecule has 1 atom stereocenters. The van der Waals surface area contributed by atoms with E-state index in [2.05, 4.69) is 4.98 Å². The lowest BCUT2D eigenvalue weighted by Crippen LogP contribution is -2.31. The molecule has 1 aliphatic rings. The SMILES string of the molecule is O=C1OCCC1Cn1ccc(=O)[nH]c1=O. The van der Waals surface area contributed by atoms with Crippen molar-refractivity contribution < 1.29 is 9.53 Å². The molecule has 6 nitrogen and oxygen atoms in total. The van der Waals surface area contributed by atoms with Crippen LogP contribution < -0.4 is 11.2 Å². The van der Waals surface area contributed by atoms with Crippen LogP contribution in [0.4, 0.5) is 0 Å². The standard InChI is InChI=1S/C9H10N2O4/c12-7-1-3-11(9(14)10-7)5-6-2-4-15-8(6)13/h1,3,6H,2,4-5H2,(H,10,12,14). The fourth-order valence-corrected chi connectivity index (χ4v) is 1.53. The molecule has 1 aromatic heterocycles. The van der Waals surface area contributed by atoms with E-state index in [1.165, 1.54) is 16.8 Å². The fraction of sp³-hybridized carbons (Fsp3) is 0.444. The number of hydrogen-bond donors (Lipinski definition) is 1. The van der Waals surface area contributed by atoms with Gasteiger partial charge in [-0.25, -0.2) is 4.79 Å². The van der Waals surface area contributed by atoms with Crippen molar-refractivity contribution in [2.24, 2.45) is 5.92 Å². The Kier molecular flexibility index (Phi) is 2.40. The average Bonchev–Trinajstić information content (AvgIpc) is 2.57. The molecule has 1 aromatic rings. The Morgan fingerprint density at radius 1 is 1.47 bits per heavy atom. The highest BCUT2D eigenvalue weighted by atomic mass is 16.5. The van der Waals surface area contributed by atoms with Crippen molar-refractivity contribution in [1.82, 2.24) is 9.55 Å². The third-order valence-corrected chi connectivity index (χ3v) is 2.36. The van der Waals surface area contributed by atoms with Crippen molar-refractivity contribution >= 4 is 5.97 Å². The Morgan fingerprint density at radius 3 is 2.87 bits per heavy atom. The van der Waals surface area contributed by atoms with Crippen LogP contribution in [0.15, 0.2) is 21.9 Å². The second-order valence-electron chi connectivity index (χ2n) is 3.42. The van der Waals surface area contributed by atoms with Gasteiger partial charge in [-0.15, -0.1) is 0 Å². The Bertz CT molecular complexity index is 487. The summed E-state index contributed by atoms with van der Waals surface area (Å²) in [6.07, 6.45) is 2.00. The van der Waals surface area contributed by atoms with E-state index in [0.29, 0.717) is 13.0 Å². The zero-order valence-corrected chi connectivity index (χ0v) is 7.93. The molecule has 1 unspecified atom stereocenters. The first-order valence-electron chi connectivity index (χ1n) is 4.63. The molecule has 1 N–H and O–H groups in total. The van der Waals surface area contributed by atoms with E-state index in [-0.39, 0.29) is 18.4 Å². The van der Waals surface area contributed by atoms with Crippen LogP contribution in [0.5, 0.6) is 0 Å². The van der Waals surface area contributed by atoms with Crippen LogP contribution >= 0.6 is 0 Å².